The molecule has 0 aliphatic heterocycles. The first-order chi connectivity index (χ1) is 20.5. The smallest absolute Gasteiger partial charge is 0.247 e. The Bertz CT molecular complexity index is 1490. The van der Waals surface area contributed by atoms with Crippen LogP contribution in [0.3, 0.4) is 0 Å². The molecular formula is C31H36N6O5. The normalized spacial score (nSPS) is 14.3. The summed E-state index contributed by atoms with van der Waals surface area (Å²) < 4.78 is 18.3. The van der Waals surface area contributed by atoms with Crippen LogP contribution in [0.4, 0.5) is 0 Å². The predicted octanol–water partition coefficient (Wildman–Crippen LogP) is 4.07. The number of fused-ring (bicyclic) bond motifs is 1. The topological polar surface area (TPSA) is 121 Å². The van der Waals surface area contributed by atoms with Gasteiger partial charge in [-0.15, -0.1) is 5.10 Å². The van der Waals surface area contributed by atoms with Crippen LogP contribution < -0.4 is 19.5 Å². The van der Waals surface area contributed by atoms with Crippen molar-refractivity contribution in [3.05, 3.63) is 72.1 Å². The highest BCUT2D eigenvalue weighted by atomic mass is 16.5. The van der Waals surface area contributed by atoms with Gasteiger partial charge in [-0.05, 0) is 54.3 Å². The lowest BCUT2D eigenvalue weighted by Crippen LogP contribution is -2.47. The molecule has 2 amide bonds. The zero-order chi connectivity index (χ0) is 29.5. The van der Waals surface area contributed by atoms with Gasteiger partial charge in [-0.25, -0.2) is 4.68 Å². The average molecular weight is 573 g/mol. The van der Waals surface area contributed by atoms with E-state index in [1.807, 2.05) is 30.3 Å². The van der Waals surface area contributed by atoms with Crippen LogP contribution in [0.2, 0.25) is 0 Å². The van der Waals surface area contributed by atoms with Crippen molar-refractivity contribution in [1.82, 2.24) is 30.2 Å². The maximum absolute atomic E-state index is 14.3. The van der Waals surface area contributed by atoms with E-state index in [9.17, 15) is 9.59 Å². The van der Waals surface area contributed by atoms with Crippen molar-refractivity contribution in [2.75, 3.05) is 21.3 Å². The third kappa shape index (κ3) is 6.29. The fourth-order valence-electron chi connectivity index (χ4n) is 5.52. The fraction of sp³-hybridized carbons (Fsp3) is 0.387. The lowest BCUT2D eigenvalue weighted by Gasteiger charge is -2.34. The summed E-state index contributed by atoms with van der Waals surface area (Å²) in [7, 11) is 4.56. The van der Waals surface area contributed by atoms with E-state index in [1.54, 1.807) is 40.2 Å². The second kappa shape index (κ2) is 13.3. The number of hydrogen-bond donors (Lipinski definition) is 1. The van der Waals surface area contributed by atoms with Gasteiger partial charge in [-0.1, -0.05) is 42.7 Å². The van der Waals surface area contributed by atoms with E-state index in [0.717, 1.165) is 43.2 Å². The van der Waals surface area contributed by atoms with E-state index >= 15 is 0 Å². The summed E-state index contributed by atoms with van der Waals surface area (Å²) in [6.07, 6.45) is 8.42. The average Bonchev–Trinajstić information content (AvgIpc) is 3.43. The van der Waals surface area contributed by atoms with Crippen molar-refractivity contribution < 1.29 is 23.8 Å². The monoisotopic (exact) mass is 572 g/mol. The number of nitrogens with one attached hydrogen (secondary N) is 1. The van der Waals surface area contributed by atoms with Crippen LogP contribution in [-0.2, 0) is 22.7 Å². The number of carbonyl (C=O) groups is 2. The summed E-state index contributed by atoms with van der Waals surface area (Å²) in [5.41, 5.74) is 2.71. The Balaban J connectivity index is 1.59. The summed E-state index contributed by atoms with van der Waals surface area (Å²) in [4.78, 5) is 34.3. The number of amides is 2. The highest BCUT2D eigenvalue weighted by molar-refractivity contribution is 5.90. The van der Waals surface area contributed by atoms with Crippen molar-refractivity contribution in [3.63, 3.8) is 0 Å². The second-order valence-corrected chi connectivity index (χ2v) is 10.3. The van der Waals surface area contributed by atoms with Crippen LogP contribution in [0, 0.1) is 0 Å². The quantitative estimate of drug-likeness (QED) is 0.286. The number of carbonyl (C=O) groups excluding carboxylic acids is 2. The van der Waals surface area contributed by atoms with Crippen molar-refractivity contribution >= 4 is 22.8 Å². The molecule has 2 aromatic carbocycles. The Hall–Kier alpha value is -4.67. The minimum atomic E-state index is -1.01. The number of methoxy groups -OCH3 is 3. The molecule has 1 unspecified atom stereocenters. The number of ether oxygens (including phenoxy) is 3. The van der Waals surface area contributed by atoms with Gasteiger partial charge in [0.1, 0.15) is 18.1 Å². The minimum absolute atomic E-state index is 0.0328. The Morgan fingerprint density at radius 2 is 1.74 bits per heavy atom. The molecule has 0 bridgehead atoms. The zero-order valence-corrected chi connectivity index (χ0v) is 24.2. The SMILES string of the molecule is COc1cc(C(C(=O)NC2CCCCC2)N(Cc2cccnc2)C(=O)Cn2nnc3ccccc32)cc(OC)c1OC. The first kappa shape index (κ1) is 28.8. The molecule has 11 nitrogen and oxygen atoms in total. The molecule has 42 heavy (non-hydrogen) atoms. The first-order valence-corrected chi connectivity index (χ1v) is 14.1. The number of hydrogen-bond acceptors (Lipinski definition) is 8. The standard InChI is InChI=1S/C31H36N6O5/c1-40-26-16-22(17-27(41-2)30(26)42-3)29(31(39)33-23-11-5-4-6-12-23)36(19-21-10-9-15-32-18-21)28(38)20-37-25-14-8-7-13-24(25)34-35-37/h7-10,13-18,23,29H,4-6,11-12,19-20H2,1-3H3,(H,33,39). The molecule has 2 aromatic heterocycles. The molecule has 1 aliphatic rings. The Morgan fingerprint density at radius 3 is 2.40 bits per heavy atom. The van der Waals surface area contributed by atoms with Gasteiger partial charge in [-0.2, -0.15) is 0 Å². The molecule has 0 radical (unpaired) electrons. The largest absolute Gasteiger partial charge is 0.493 e. The van der Waals surface area contributed by atoms with E-state index in [0.29, 0.717) is 28.3 Å². The summed E-state index contributed by atoms with van der Waals surface area (Å²) in [5.74, 6) is 0.579. The molecule has 2 heterocycles. The molecule has 11 heteroatoms. The van der Waals surface area contributed by atoms with E-state index in [-0.39, 0.29) is 30.9 Å². The van der Waals surface area contributed by atoms with E-state index in [2.05, 4.69) is 20.6 Å². The number of nitrogens with zero attached hydrogens (tertiary/aromatic N) is 5. The van der Waals surface area contributed by atoms with Gasteiger partial charge in [0.2, 0.25) is 17.6 Å². The van der Waals surface area contributed by atoms with Gasteiger partial charge in [0.05, 0.1) is 26.8 Å². The van der Waals surface area contributed by atoms with Gasteiger partial charge in [0.15, 0.2) is 11.5 Å². The Morgan fingerprint density at radius 1 is 1.00 bits per heavy atom. The van der Waals surface area contributed by atoms with Crippen LogP contribution in [0.1, 0.15) is 49.3 Å². The third-order valence-corrected chi connectivity index (χ3v) is 7.62. The number of pyridine rings is 1. The maximum atomic E-state index is 14.3. The maximum Gasteiger partial charge on any atom is 0.247 e. The summed E-state index contributed by atoms with van der Waals surface area (Å²) in [5, 5.41) is 11.7. The molecule has 4 aromatic rings. The van der Waals surface area contributed by atoms with Crippen molar-refractivity contribution in [3.8, 4) is 17.2 Å². The Kier molecular flexibility index (Phi) is 9.15. The molecule has 0 saturated heterocycles. The van der Waals surface area contributed by atoms with E-state index in [4.69, 9.17) is 14.2 Å². The third-order valence-electron chi connectivity index (χ3n) is 7.62. The fourth-order valence-corrected chi connectivity index (χ4v) is 5.52. The summed E-state index contributed by atoms with van der Waals surface area (Å²) in [6, 6.07) is 13.6. The van der Waals surface area contributed by atoms with Crippen molar-refractivity contribution in [2.45, 2.75) is 57.3 Å². The minimum Gasteiger partial charge on any atom is -0.493 e. The van der Waals surface area contributed by atoms with Crippen LogP contribution in [0.25, 0.3) is 11.0 Å². The molecule has 5 rings (SSSR count). The molecule has 1 aliphatic carbocycles. The van der Waals surface area contributed by atoms with E-state index < -0.39 is 6.04 Å². The first-order valence-electron chi connectivity index (χ1n) is 14.1. The Labute approximate surface area is 244 Å². The van der Waals surface area contributed by atoms with Gasteiger partial charge < -0.3 is 24.4 Å². The van der Waals surface area contributed by atoms with E-state index in [1.165, 1.54) is 21.3 Å². The zero-order valence-electron chi connectivity index (χ0n) is 24.2. The molecule has 1 saturated carbocycles. The molecule has 0 spiro atoms. The van der Waals surface area contributed by atoms with Gasteiger partial charge >= 0.3 is 0 Å². The molecular weight excluding hydrogens is 536 g/mol. The number of rotatable bonds is 11. The summed E-state index contributed by atoms with van der Waals surface area (Å²) in [6.45, 7) is 0.0249. The van der Waals surface area contributed by atoms with Crippen LogP contribution in [0.5, 0.6) is 17.2 Å². The molecule has 1 N–H and O–H groups in total. The van der Waals surface area contributed by atoms with Crippen LogP contribution in [-0.4, -0.2) is 64.1 Å². The second-order valence-electron chi connectivity index (χ2n) is 10.3. The number of para-hydroxylation sites is 1. The van der Waals surface area contributed by atoms with Gasteiger partial charge in [0, 0.05) is 25.0 Å². The molecule has 220 valence electrons. The van der Waals surface area contributed by atoms with Crippen LogP contribution in [0.15, 0.2) is 60.9 Å². The highest BCUT2D eigenvalue weighted by Crippen LogP contribution is 2.41. The molecule has 1 fully saturated rings. The van der Waals surface area contributed by atoms with Crippen molar-refractivity contribution in [1.29, 1.82) is 0 Å². The lowest BCUT2D eigenvalue weighted by atomic mass is 9.94. The van der Waals surface area contributed by atoms with Crippen LogP contribution >= 0.6 is 0 Å². The number of benzene rings is 2. The molecule has 1 atom stereocenters. The van der Waals surface area contributed by atoms with Crippen molar-refractivity contribution in [2.24, 2.45) is 0 Å². The highest BCUT2D eigenvalue weighted by Gasteiger charge is 2.35. The van der Waals surface area contributed by atoms with Gasteiger partial charge in [0.25, 0.3) is 0 Å². The summed E-state index contributed by atoms with van der Waals surface area (Å²) >= 11 is 0. The number of aromatic nitrogens is 4. The van der Waals surface area contributed by atoms with Gasteiger partial charge in [-0.3, -0.25) is 14.6 Å². The lowest BCUT2D eigenvalue weighted by molar-refractivity contribution is -0.142. The predicted molar refractivity (Wildman–Crippen MR) is 156 cm³/mol.